The fraction of sp³-hybridized carbons (Fsp3) is 0.826. The lowest BCUT2D eigenvalue weighted by atomic mass is 9.73. The zero-order valence-electron chi connectivity index (χ0n) is 18.6. The highest BCUT2D eigenvalue weighted by atomic mass is 16.5. The molecule has 5 heteroatoms. The van der Waals surface area contributed by atoms with Crippen LogP contribution in [0.2, 0.25) is 0 Å². The molecule has 162 valence electrons. The van der Waals surface area contributed by atoms with Gasteiger partial charge in [-0.05, 0) is 37.5 Å². The molecular formula is C23H40O5. The molecule has 1 fully saturated rings. The van der Waals surface area contributed by atoms with E-state index in [0.717, 1.165) is 0 Å². The standard InChI is InChI=1S/C23H40O5/c1-9-18-19(10-2)28-23(27)17(8)21(25)15(6)14(5)12(3)11-13(4)20(24)16(7)22(18)26/h9,12-19,21-22,25-26H,1,10-11H2,2-8H3/t12-,13+,14-,15+,16-,17+,18-,19+,21-,22+/m0/s1. The third-order valence-corrected chi connectivity index (χ3v) is 7.09. The Balaban J connectivity index is 3.31. The second-order valence-corrected chi connectivity index (χ2v) is 8.99. The minimum Gasteiger partial charge on any atom is -0.461 e. The molecule has 0 aromatic heterocycles. The third-order valence-electron chi connectivity index (χ3n) is 7.09. The van der Waals surface area contributed by atoms with Crippen LogP contribution in [0.1, 0.15) is 61.3 Å². The van der Waals surface area contributed by atoms with E-state index in [1.54, 1.807) is 19.9 Å². The van der Waals surface area contributed by atoms with Crippen molar-refractivity contribution in [3.63, 3.8) is 0 Å². The van der Waals surface area contributed by atoms with Crippen molar-refractivity contribution in [1.82, 2.24) is 0 Å². The summed E-state index contributed by atoms with van der Waals surface area (Å²) in [4.78, 5) is 25.6. The first-order chi connectivity index (χ1) is 13.0. The topological polar surface area (TPSA) is 83.8 Å². The van der Waals surface area contributed by atoms with Gasteiger partial charge in [-0.15, -0.1) is 6.58 Å². The smallest absolute Gasteiger partial charge is 0.311 e. The largest absolute Gasteiger partial charge is 0.461 e. The summed E-state index contributed by atoms with van der Waals surface area (Å²) in [5, 5.41) is 21.6. The quantitative estimate of drug-likeness (QED) is 0.550. The molecule has 1 heterocycles. The van der Waals surface area contributed by atoms with E-state index in [0.29, 0.717) is 12.8 Å². The maximum absolute atomic E-state index is 12.9. The Hall–Kier alpha value is -1.20. The van der Waals surface area contributed by atoms with Crippen LogP contribution in [0.15, 0.2) is 12.7 Å². The van der Waals surface area contributed by atoms with Gasteiger partial charge < -0.3 is 14.9 Å². The molecular weight excluding hydrogens is 356 g/mol. The number of esters is 1. The van der Waals surface area contributed by atoms with Gasteiger partial charge in [0.05, 0.1) is 18.1 Å². The Bertz CT molecular complexity index is 545. The minimum atomic E-state index is -0.972. The molecule has 0 bridgehead atoms. The second-order valence-electron chi connectivity index (χ2n) is 8.99. The van der Waals surface area contributed by atoms with Crippen molar-refractivity contribution in [2.45, 2.75) is 79.6 Å². The molecule has 0 saturated carbocycles. The van der Waals surface area contributed by atoms with Crippen LogP contribution >= 0.6 is 0 Å². The lowest BCUT2D eigenvalue weighted by Crippen LogP contribution is -2.44. The minimum absolute atomic E-state index is 0.0122. The number of ketones is 1. The highest BCUT2D eigenvalue weighted by Crippen LogP contribution is 2.34. The van der Waals surface area contributed by atoms with E-state index < -0.39 is 42.0 Å². The van der Waals surface area contributed by atoms with Crippen molar-refractivity contribution < 1.29 is 24.5 Å². The van der Waals surface area contributed by atoms with Crippen molar-refractivity contribution in [1.29, 1.82) is 0 Å². The highest BCUT2D eigenvalue weighted by molar-refractivity contribution is 5.83. The molecule has 5 nitrogen and oxygen atoms in total. The van der Waals surface area contributed by atoms with Crippen LogP contribution in [0.5, 0.6) is 0 Å². The van der Waals surface area contributed by atoms with E-state index in [2.05, 4.69) is 20.4 Å². The predicted octanol–water partition coefficient (Wildman–Crippen LogP) is 3.62. The van der Waals surface area contributed by atoms with Crippen molar-refractivity contribution >= 4 is 11.8 Å². The Morgan fingerprint density at radius 2 is 1.57 bits per heavy atom. The van der Waals surface area contributed by atoms with E-state index in [9.17, 15) is 19.8 Å². The number of carbonyl (C=O) groups excluding carboxylic acids is 2. The van der Waals surface area contributed by atoms with E-state index in [1.165, 1.54) is 0 Å². The van der Waals surface area contributed by atoms with Crippen molar-refractivity contribution in [3.05, 3.63) is 12.7 Å². The highest BCUT2D eigenvalue weighted by Gasteiger charge is 2.39. The van der Waals surface area contributed by atoms with E-state index in [1.807, 2.05) is 20.8 Å². The fourth-order valence-electron chi connectivity index (χ4n) is 4.46. The number of Topliss-reactive ketones (excluding diaryl/α,β-unsaturated/α-hetero) is 1. The number of aliphatic hydroxyl groups is 2. The molecule has 1 aliphatic rings. The Morgan fingerprint density at radius 1 is 1.00 bits per heavy atom. The SMILES string of the molecule is C=C[C@@H]1[C@H](O)[C@@H](C)C(=O)[C@H](C)C[C@H](C)[C@H](C)[C@@H](C)[C@H](O)[C@@H](C)C(=O)O[C@@H]1CC. The third kappa shape index (κ3) is 5.44. The van der Waals surface area contributed by atoms with Gasteiger partial charge in [0.15, 0.2) is 0 Å². The molecule has 0 spiro atoms. The van der Waals surface area contributed by atoms with Gasteiger partial charge in [0, 0.05) is 17.8 Å². The number of ether oxygens (including phenoxy) is 1. The van der Waals surface area contributed by atoms with Gasteiger partial charge in [-0.1, -0.05) is 47.6 Å². The summed E-state index contributed by atoms with van der Waals surface area (Å²) in [7, 11) is 0. The number of cyclic esters (lactones) is 1. The lowest BCUT2D eigenvalue weighted by Gasteiger charge is -2.36. The summed E-state index contributed by atoms with van der Waals surface area (Å²) in [6, 6.07) is 0. The van der Waals surface area contributed by atoms with Crippen LogP contribution in [0, 0.1) is 41.4 Å². The Labute approximate surface area is 170 Å². The van der Waals surface area contributed by atoms with Crippen LogP contribution in [0.3, 0.4) is 0 Å². The normalized spacial score (nSPS) is 44.5. The molecule has 1 aliphatic heterocycles. The summed E-state index contributed by atoms with van der Waals surface area (Å²) in [6.45, 7) is 17.1. The molecule has 10 atom stereocenters. The van der Waals surface area contributed by atoms with Crippen LogP contribution in [-0.4, -0.2) is 40.3 Å². The van der Waals surface area contributed by atoms with Crippen LogP contribution in [-0.2, 0) is 14.3 Å². The maximum Gasteiger partial charge on any atom is 0.311 e. The van der Waals surface area contributed by atoms with Crippen molar-refractivity contribution in [2.75, 3.05) is 0 Å². The molecule has 0 aromatic carbocycles. The van der Waals surface area contributed by atoms with Crippen LogP contribution in [0.25, 0.3) is 0 Å². The number of carbonyl (C=O) groups is 2. The monoisotopic (exact) mass is 396 g/mol. The molecule has 0 radical (unpaired) electrons. The van der Waals surface area contributed by atoms with E-state index >= 15 is 0 Å². The molecule has 0 unspecified atom stereocenters. The summed E-state index contributed by atoms with van der Waals surface area (Å²) in [5.41, 5.74) is 0. The zero-order chi connectivity index (χ0) is 21.8. The number of hydrogen-bond acceptors (Lipinski definition) is 5. The lowest BCUT2D eigenvalue weighted by molar-refractivity contribution is -0.164. The van der Waals surface area contributed by atoms with Gasteiger partial charge in [-0.2, -0.15) is 0 Å². The first kappa shape index (κ1) is 24.8. The average Bonchev–Trinajstić information content (AvgIpc) is 2.68. The van der Waals surface area contributed by atoms with E-state index in [-0.39, 0.29) is 29.5 Å². The number of aliphatic hydroxyl groups excluding tert-OH is 2. The molecule has 2 N–H and O–H groups in total. The predicted molar refractivity (Wildman–Crippen MR) is 110 cm³/mol. The molecule has 0 amide bonds. The first-order valence-electron chi connectivity index (χ1n) is 10.7. The molecule has 1 rings (SSSR count). The van der Waals surface area contributed by atoms with Gasteiger partial charge in [0.1, 0.15) is 11.9 Å². The van der Waals surface area contributed by atoms with Crippen molar-refractivity contribution in [2.24, 2.45) is 41.4 Å². The van der Waals surface area contributed by atoms with Crippen LogP contribution < -0.4 is 0 Å². The number of hydrogen-bond donors (Lipinski definition) is 2. The average molecular weight is 397 g/mol. The molecule has 0 aliphatic carbocycles. The van der Waals surface area contributed by atoms with Gasteiger partial charge in [0.2, 0.25) is 0 Å². The molecule has 0 aromatic rings. The summed E-state index contributed by atoms with van der Waals surface area (Å²) in [6.07, 6.45) is 0.350. The van der Waals surface area contributed by atoms with Crippen LogP contribution in [0.4, 0.5) is 0 Å². The molecule has 28 heavy (non-hydrogen) atoms. The summed E-state index contributed by atoms with van der Waals surface area (Å²) >= 11 is 0. The zero-order valence-corrected chi connectivity index (χ0v) is 18.6. The van der Waals surface area contributed by atoms with Gasteiger partial charge in [0.25, 0.3) is 0 Å². The summed E-state index contributed by atoms with van der Waals surface area (Å²) in [5.74, 6) is -2.23. The van der Waals surface area contributed by atoms with Crippen molar-refractivity contribution in [3.8, 4) is 0 Å². The van der Waals surface area contributed by atoms with E-state index in [4.69, 9.17) is 4.74 Å². The Morgan fingerprint density at radius 3 is 2.07 bits per heavy atom. The molecule has 1 saturated heterocycles. The van der Waals surface area contributed by atoms with Gasteiger partial charge >= 0.3 is 5.97 Å². The Kier molecular flexibility index (Phi) is 9.35. The first-order valence-corrected chi connectivity index (χ1v) is 10.7. The number of rotatable bonds is 2. The summed E-state index contributed by atoms with van der Waals surface area (Å²) < 4.78 is 5.68. The fourth-order valence-corrected chi connectivity index (χ4v) is 4.46. The maximum atomic E-state index is 12.9. The van der Waals surface area contributed by atoms with Gasteiger partial charge in [-0.25, -0.2) is 0 Å². The second kappa shape index (κ2) is 10.5. The van der Waals surface area contributed by atoms with Gasteiger partial charge in [-0.3, -0.25) is 9.59 Å².